The second-order valence-electron chi connectivity index (χ2n) is 4.66. The van der Waals surface area contributed by atoms with Gasteiger partial charge in [0, 0.05) is 19.1 Å². The van der Waals surface area contributed by atoms with Gasteiger partial charge in [-0.1, -0.05) is 0 Å². The summed E-state index contributed by atoms with van der Waals surface area (Å²) >= 11 is 0. The standard InChI is InChI=1S/C13H19N3O4/c1-2-20-13(18)10-7-15-12(16(10)8-11(14)17)9-3-5-19-6-4-9/h7,9H,2-6,8H2,1H3,(H2,14,17). The Hall–Kier alpha value is -1.89. The second kappa shape index (κ2) is 6.51. The Kier molecular flexibility index (Phi) is 4.73. The molecule has 2 heterocycles. The molecule has 1 fully saturated rings. The van der Waals surface area contributed by atoms with Gasteiger partial charge in [-0.3, -0.25) is 4.79 Å². The van der Waals surface area contributed by atoms with Gasteiger partial charge in [-0.15, -0.1) is 0 Å². The van der Waals surface area contributed by atoms with Crippen LogP contribution in [0.15, 0.2) is 6.20 Å². The van der Waals surface area contributed by atoms with Gasteiger partial charge < -0.3 is 19.8 Å². The lowest BCUT2D eigenvalue weighted by molar-refractivity contribution is -0.118. The van der Waals surface area contributed by atoms with Gasteiger partial charge in [0.1, 0.15) is 18.1 Å². The van der Waals surface area contributed by atoms with Gasteiger partial charge in [-0.25, -0.2) is 9.78 Å². The van der Waals surface area contributed by atoms with Crippen LogP contribution in [0.25, 0.3) is 0 Å². The zero-order valence-corrected chi connectivity index (χ0v) is 11.5. The maximum atomic E-state index is 11.9. The van der Waals surface area contributed by atoms with Gasteiger partial charge in [0.25, 0.3) is 0 Å². The highest BCUT2D eigenvalue weighted by molar-refractivity contribution is 5.88. The lowest BCUT2D eigenvalue weighted by Gasteiger charge is -2.22. The number of primary amides is 1. The van der Waals surface area contributed by atoms with Gasteiger partial charge in [0.2, 0.25) is 5.91 Å². The molecule has 1 amide bonds. The lowest BCUT2D eigenvalue weighted by atomic mass is 9.99. The van der Waals surface area contributed by atoms with Crippen LogP contribution >= 0.6 is 0 Å². The molecule has 1 aliphatic rings. The Balaban J connectivity index is 2.30. The highest BCUT2D eigenvalue weighted by Crippen LogP contribution is 2.26. The van der Waals surface area contributed by atoms with E-state index in [0.29, 0.717) is 19.0 Å². The number of amides is 1. The molecule has 2 N–H and O–H groups in total. The van der Waals surface area contributed by atoms with Crippen molar-refractivity contribution in [1.29, 1.82) is 0 Å². The van der Waals surface area contributed by atoms with E-state index in [9.17, 15) is 9.59 Å². The summed E-state index contributed by atoms with van der Waals surface area (Å²) < 4.78 is 11.9. The highest BCUT2D eigenvalue weighted by Gasteiger charge is 2.25. The number of hydrogen-bond donors (Lipinski definition) is 1. The minimum Gasteiger partial charge on any atom is -0.461 e. The van der Waals surface area contributed by atoms with E-state index in [1.54, 1.807) is 11.5 Å². The molecule has 0 radical (unpaired) electrons. The summed E-state index contributed by atoms with van der Waals surface area (Å²) in [6.45, 7) is 3.24. The first-order chi connectivity index (χ1) is 9.63. The van der Waals surface area contributed by atoms with Crippen LogP contribution in [0.4, 0.5) is 0 Å². The molecule has 7 nitrogen and oxygen atoms in total. The molecule has 1 aromatic rings. The molecule has 0 bridgehead atoms. The van der Waals surface area contributed by atoms with Crippen molar-refractivity contribution < 1.29 is 19.1 Å². The molecule has 0 atom stereocenters. The largest absolute Gasteiger partial charge is 0.461 e. The molecule has 1 aromatic heterocycles. The SMILES string of the molecule is CCOC(=O)c1cnc(C2CCOCC2)n1CC(N)=O. The van der Waals surface area contributed by atoms with Crippen molar-refractivity contribution >= 4 is 11.9 Å². The zero-order chi connectivity index (χ0) is 14.5. The fourth-order valence-electron chi connectivity index (χ4n) is 2.36. The summed E-state index contributed by atoms with van der Waals surface area (Å²) in [7, 11) is 0. The van der Waals surface area contributed by atoms with Crippen LogP contribution in [0, 0.1) is 0 Å². The minimum absolute atomic E-state index is 0.0686. The molecular weight excluding hydrogens is 262 g/mol. The Morgan fingerprint density at radius 2 is 2.20 bits per heavy atom. The molecule has 0 unspecified atom stereocenters. The van der Waals surface area contributed by atoms with Crippen molar-refractivity contribution in [1.82, 2.24) is 9.55 Å². The maximum absolute atomic E-state index is 11.9. The van der Waals surface area contributed by atoms with Crippen molar-refractivity contribution in [2.24, 2.45) is 5.73 Å². The summed E-state index contributed by atoms with van der Waals surface area (Å²) in [5.41, 5.74) is 5.53. The van der Waals surface area contributed by atoms with Gasteiger partial charge in [-0.2, -0.15) is 0 Å². The molecule has 1 aliphatic heterocycles. The molecule has 2 rings (SSSR count). The first-order valence-corrected chi connectivity index (χ1v) is 6.72. The van der Waals surface area contributed by atoms with E-state index in [1.165, 1.54) is 6.20 Å². The Morgan fingerprint density at radius 1 is 1.50 bits per heavy atom. The number of carbonyl (C=O) groups is 2. The molecule has 1 saturated heterocycles. The third-order valence-corrected chi connectivity index (χ3v) is 3.27. The van der Waals surface area contributed by atoms with E-state index >= 15 is 0 Å². The number of rotatable bonds is 5. The number of nitrogens with zero attached hydrogens (tertiary/aromatic N) is 2. The minimum atomic E-state index is -0.512. The number of ether oxygens (including phenoxy) is 2. The number of aromatic nitrogens is 2. The fourth-order valence-corrected chi connectivity index (χ4v) is 2.36. The molecule has 0 saturated carbocycles. The second-order valence-corrected chi connectivity index (χ2v) is 4.66. The van der Waals surface area contributed by atoms with Crippen molar-refractivity contribution in [3.63, 3.8) is 0 Å². The third kappa shape index (κ3) is 3.16. The molecule has 0 spiro atoms. The zero-order valence-electron chi connectivity index (χ0n) is 11.5. The normalized spacial score (nSPS) is 16.1. The summed E-state index contributed by atoms with van der Waals surface area (Å²) in [6.07, 6.45) is 3.09. The van der Waals surface area contributed by atoms with E-state index in [-0.39, 0.29) is 24.8 Å². The van der Waals surface area contributed by atoms with Crippen LogP contribution in [0.2, 0.25) is 0 Å². The Morgan fingerprint density at radius 3 is 2.80 bits per heavy atom. The van der Waals surface area contributed by atoms with E-state index in [4.69, 9.17) is 15.2 Å². The molecule has 0 aliphatic carbocycles. The highest BCUT2D eigenvalue weighted by atomic mass is 16.5. The smallest absolute Gasteiger partial charge is 0.356 e. The summed E-state index contributed by atoms with van der Waals surface area (Å²) in [6, 6.07) is 0. The van der Waals surface area contributed by atoms with Crippen molar-refractivity contribution in [3.8, 4) is 0 Å². The Bertz CT molecular complexity index is 492. The predicted molar refractivity (Wildman–Crippen MR) is 70.2 cm³/mol. The average molecular weight is 281 g/mol. The van der Waals surface area contributed by atoms with E-state index in [1.807, 2.05) is 0 Å². The summed E-state index contributed by atoms with van der Waals surface area (Å²) in [4.78, 5) is 27.4. The van der Waals surface area contributed by atoms with Crippen LogP contribution in [0.3, 0.4) is 0 Å². The Labute approximate surface area is 117 Å². The lowest BCUT2D eigenvalue weighted by Crippen LogP contribution is -2.26. The fraction of sp³-hybridized carbons (Fsp3) is 0.615. The van der Waals surface area contributed by atoms with Crippen molar-refractivity contribution in [2.75, 3.05) is 19.8 Å². The topological polar surface area (TPSA) is 96.4 Å². The summed E-state index contributed by atoms with van der Waals surface area (Å²) in [5.74, 6) is -0.122. The number of hydrogen-bond acceptors (Lipinski definition) is 5. The maximum Gasteiger partial charge on any atom is 0.356 e. The van der Waals surface area contributed by atoms with Crippen LogP contribution < -0.4 is 5.73 Å². The van der Waals surface area contributed by atoms with Crippen LogP contribution in [0.1, 0.15) is 42.0 Å². The quantitative estimate of drug-likeness (QED) is 0.790. The van der Waals surface area contributed by atoms with Crippen LogP contribution in [0.5, 0.6) is 0 Å². The van der Waals surface area contributed by atoms with Crippen molar-refractivity contribution in [3.05, 3.63) is 17.7 Å². The molecule has 110 valence electrons. The van der Waals surface area contributed by atoms with Gasteiger partial charge in [0.15, 0.2) is 0 Å². The third-order valence-electron chi connectivity index (χ3n) is 3.27. The van der Waals surface area contributed by atoms with Crippen molar-refractivity contribution in [2.45, 2.75) is 32.2 Å². The monoisotopic (exact) mass is 281 g/mol. The molecular formula is C13H19N3O4. The number of nitrogens with two attached hydrogens (primary N) is 1. The number of esters is 1. The number of carbonyl (C=O) groups excluding carboxylic acids is 2. The van der Waals surface area contributed by atoms with Crippen LogP contribution in [-0.4, -0.2) is 41.2 Å². The predicted octanol–water partition coefficient (Wildman–Crippen LogP) is 0.439. The van der Waals surface area contributed by atoms with Gasteiger partial charge in [-0.05, 0) is 19.8 Å². The molecule has 0 aromatic carbocycles. The van der Waals surface area contributed by atoms with E-state index in [2.05, 4.69) is 4.98 Å². The average Bonchev–Trinajstić information content (AvgIpc) is 2.83. The van der Waals surface area contributed by atoms with Gasteiger partial charge >= 0.3 is 5.97 Å². The molecule has 7 heteroatoms. The van der Waals surface area contributed by atoms with Gasteiger partial charge in [0.05, 0.1) is 12.8 Å². The van der Waals surface area contributed by atoms with E-state index < -0.39 is 11.9 Å². The first kappa shape index (κ1) is 14.5. The first-order valence-electron chi connectivity index (χ1n) is 6.72. The number of imidazole rings is 1. The van der Waals surface area contributed by atoms with Crippen LogP contribution in [-0.2, 0) is 20.8 Å². The molecule has 20 heavy (non-hydrogen) atoms. The van der Waals surface area contributed by atoms with E-state index in [0.717, 1.165) is 12.8 Å². The summed E-state index contributed by atoms with van der Waals surface area (Å²) in [5, 5.41) is 0.